The van der Waals surface area contributed by atoms with Crippen molar-refractivity contribution >= 4 is 5.97 Å². The van der Waals surface area contributed by atoms with Gasteiger partial charge in [-0.15, -0.1) is 0 Å². The van der Waals surface area contributed by atoms with Gasteiger partial charge in [0.2, 0.25) is 0 Å². The molecule has 1 fully saturated rings. The second kappa shape index (κ2) is 9.39. The molecule has 4 rings (SSSR count). The summed E-state index contributed by atoms with van der Waals surface area (Å²) in [4.78, 5) is 13.0. The van der Waals surface area contributed by atoms with E-state index >= 15 is 0 Å². The van der Waals surface area contributed by atoms with Crippen LogP contribution in [-0.4, -0.2) is 12.0 Å². The van der Waals surface area contributed by atoms with Crippen LogP contribution in [0.4, 0.5) is 0 Å². The number of esters is 1. The van der Waals surface area contributed by atoms with Crippen LogP contribution >= 0.6 is 0 Å². The summed E-state index contributed by atoms with van der Waals surface area (Å²) in [7, 11) is 0. The number of rotatable bonds is 5. The van der Waals surface area contributed by atoms with E-state index in [0.29, 0.717) is 17.6 Å². The summed E-state index contributed by atoms with van der Waals surface area (Å²) in [5.74, 6) is 1.31. The van der Waals surface area contributed by atoms with Gasteiger partial charge in [0.15, 0.2) is 0 Å². The highest BCUT2D eigenvalue weighted by atomic mass is 16.5. The lowest BCUT2D eigenvalue weighted by Gasteiger charge is -2.47. The quantitative estimate of drug-likeness (QED) is 0.444. The van der Waals surface area contributed by atoms with Gasteiger partial charge in [-0.3, -0.25) is 4.79 Å². The lowest BCUT2D eigenvalue weighted by Crippen LogP contribution is -2.52. The molecule has 0 radical (unpaired) electrons. The molecule has 1 saturated carbocycles. The van der Waals surface area contributed by atoms with Gasteiger partial charge >= 0.3 is 5.97 Å². The molecule has 0 aromatic heterocycles. The first-order valence-electron chi connectivity index (χ1n) is 12.5. The SMILES string of the molecule is CC(C)Cc1ccc([C@H](C)C(=O)Oc2ccc3c(c2)[C@@]2(C)CCCCC[C@@H](C3)[C@@H]2N)cc1. The maximum Gasteiger partial charge on any atom is 0.318 e. The fraction of sp³-hybridized carbons (Fsp3) is 0.552. The Morgan fingerprint density at radius 1 is 1.09 bits per heavy atom. The van der Waals surface area contributed by atoms with Crippen LogP contribution in [0.1, 0.15) is 88.0 Å². The summed E-state index contributed by atoms with van der Waals surface area (Å²) in [6, 6.07) is 14.8. The van der Waals surface area contributed by atoms with Crippen molar-refractivity contribution in [1.29, 1.82) is 0 Å². The zero-order valence-electron chi connectivity index (χ0n) is 20.2. The zero-order valence-corrected chi connectivity index (χ0v) is 20.2. The van der Waals surface area contributed by atoms with Crippen LogP contribution in [0.5, 0.6) is 5.75 Å². The van der Waals surface area contributed by atoms with Gasteiger partial charge in [0, 0.05) is 11.5 Å². The maximum atomic E-state index is 13.0. The van der Waals surface area contributed by atoms with Gasteiger partial charge in [-0.1, -0.05) is 70.4 Å². The first-order chi connectivity index (χ1) is 15.3. The summed E-state index contributed by atoms with van der Waals surface area (Å²) in [5.41, 5.74) is 11.7. The van der Waals surface area contributed by atoms with E-state index in [9.17, 15) is 4.79 Å². The van der Waals surface area contributed by atoms with E-state index in [0.717, 1.165) is 24.8 Å². The summed E-state index contributed by atoms with van der Waals surface area (Å²) in [5, 5.41) is 0. The van der Waals surface area contributed by atoms with Crippen LogP contribution in [-0.2, 0) is 23.1 Å². The highest BCUT2D eigenvalue weighted by Crippen LogP contribution is 2.46. The molecule has 2 aromatic rings. The largest absolute Gasteiger partial charge is 0.426 e. The van der Waals surface area contributed by atoms with Crippen molar-refractivity contribution in [3.63, 3.8) is 0 Å². The molecule has 0 amide bonds. The highest BCUT2D eigenvalue weighted by molar-refractivity contribution is 5.80. The summed E-state index contributed by atoms with van der Waals surface area (Å²) in [6.07, 6.45) is 8.21. The Morgan fingerprint density at radius 2 is 1.84 bits per heavy atom. The zero-order chi connectivity index (χ0) is 22.9. The van der Waals surface area contributed by atoms with Crippen molar-refractivity contribution in [2.45, 2.75) is 90.0 Å². The molecule has 2 bridgehead atoms. The molecular weight excluding hydrogens is 394 g/mol. The fourth-order valence-electron chi connectivity index (χ4n) is 5.85. The minimum atomic E-state index is -0.303. The van der Waals surface area contributed by atoms with Gasteiger partial charge in [0.05, 0.1) is 5.92 Å². The Morgan fingerprint density at radius 3 is 2.56 bits per heavy atom. The molecule has 2 aromatic carbocycles. The van der Waals surface area contributed by atoms with Crippen LogP contribution in [0.25, 0.3) is 0 Å². The van der Waals surface area contributed by atoms with E-state index < -0.39 is 0 Å². The molecule has 2 aliphatic rings. The third kappa shape index (κ3) is 4.64. The van der Waals surface area contributed by atoms with Crippen molar-refractivity contribution in [2.24, 2.45) is 17.6 Å². The van der Waals surface area contributed by atoms with E-state index in [1.54, 1.807) is 0 Å². The number of carbonyl (C=O) groups excluding carboxylic acids is 1. The van der Waals surface area contributed by atoms with E-state index in [1.807, 2.05) is 13.0 Å². The van der Waals surface area contributed by atoms with E-state index in [4.69, 9.17) is 10.5 Å². The molecule has 3 nitrogen and oxygen atoms in total. The molecule has 0 heterocycles. The van der Waals surface area contributed by atoms with Gasteiger partial charge in [-0.2, -0.15) is 0 Å². The standard InChI is InChI=1S/C29H39NO2/c1-19(2)16-21-9-11-22(12-10-21)20(3)28(31)32-25-14-13-23-17-24-8-6-5-7-15-29(4,27(24)30)26(23)18-25/h9-14,18-20,24,27H,5-8,15-17,30H2,1-4H3/t20-,24-,27-,29+/m0/s1. The van der Waals surface area contributed by atoms with E-state index in [2.05, 4.69) is 57.2 Å². The van der Waals surface area contributed by atoms with Crippen LogP contribution in [0.15, 0.2) is 42.5 Å². The van der Waals surface area contributed by atoms with Crippen molar-refractivity contribution in [2.75, 3.05) is 0 Å². The van der Waals surface area contributed by atoms with Crippen LogP contribution in [0, 0.1) is 11.8 Å². The Kier molecular flexibility index (Phi) is 6.76. The maximum absolute atomic E-state index is 13.0. The molecule has 2 aliphatic carbocycles. The van der Waals surface area contributed by atoms with Crippen molar-refractivity contribution in [3.05, 3.63) is 64.7 Å². The molecule has 32 heavy (non-hydrogen) atoms. The van der Waals surface area contributed by atoms with Gasteiger partial charge < -0.3 is 10.5 Å². The molecule has 4 atom stereocenters. The number of fused-ring (bicyclic) bond motifs is 4. The van der Waals surface area contributed by atoms with E-state index in [-0.39, 0.29) is 23.3 Å². The molecule has 2 N–H and O–H groups in total. The molecule has 0 spiro atoms. The number of hydrogen-bond acceptors (Lipinski definition) is 3. The number of ether oxygens (including phenoxy) is 1. The normalized spacial score (nSPS) is 26.1. The predicted molar refractivity (Wildman–Crippen MR) is 131 cm³/mol. The molecule has 172 valence electrons. The molecule has 0 saturated heterocycles. The highest BCUT2D eigenvalue weighted by Gasteiger charge is 2.43. The smallest absolute Gasteiger partial charge is 0.318 e. The Balaban J connectivity index is 1.52. The minimum absolute atomic E-state index is 0.0427. The number of nitrogens with two attached hydrogens (primary N) is 1. The van der Waals surface area contributed by atoms with Crippen molar-refractivity contribution in [3.8, 4) is 5.75 Å². The third-order valence-electron chi connectivity index (χ3n) is 7.89. The summed E-state index contributed by atoms with van der Waals surface area (Å²) in [6.45, 7) is 8.68. The van der Waals surface area contributed by atoms with Crippen LogP contribution in [0.2, 0.25) is 0 Å². The fourth-order valence-corrected chi connectivity index (χ4v) is 5.85. The Labute approximate surface area is 193 Å². The molecule has 3 heteroatoms. The predicted octanol–water partition coefficient (Wildman–Crippen LogP) is 6.32. The lowest BCUT2D eigenvalue weighted by atomic mass is 9.60. The average Bonchev–Trinajstić information content (AvgIpc) is 2.76. The topological polar surface area (TPSA) is 52.3 Å². The number of benzene rings is 2. The molecule has 0 aliphatic heterocycles. The van der Waals surface area contributed by atoms with Gasteiger partial charge in [0.25, 0.3) is 0 Å². The van der Waals surface area contributed by atoms with Gasteiger partial charge in [0.1, 0.15) is 5.75 Å². The number of hydrogen-bond donors (Lipinski definition) is 1. The van der Waals surface area contributed by atoms with Crippen LogP contribution in [0.3, 0.4) is 0 Å². The first kappa shape index (κ1) is 23.0. The lowest BCUT2D eigenvalue weighted by molar-refractivity contribution is -0.135. The Bertz CT molecular complexity index is 948. The number of carbonyl (C=O) groups is 1. The average molecular weight is 434 g/mol. The Hall–Kier alpha value is -2.13. The second-order valence-corrected chi connectivity index (χ2v) is 10.8. The van der Waals surface area contributed by atoms with E-state index in [1.165, 1.54) is 42.4 Å². The second-order valence-electron chi connectivity index (χ2n) is 10.8. The van der Waals surface area contributed by atoms with Gasteiger partial charge in [-0.25, -0.2) is 0 Å². The van der Waals surface area contributed by atoms with Crippen LogP contribution < -0.4 is 10.5 Å². The van der Waals surface area contributed by atoms with Crippen molar-refractivity contribution in [1.82, 2.24) is 0 Å². The minimum Gasteiger partial charge on any atom is -0.426 e. The molecule has 0 unspecified atom stereocenters. The monoisotopic (exact) mass is 433 g/mol. The third-order valence-corrected chi connectivity index (χ3v) is 7.89. The molecular formula is C29H39NO2. The van der Waals surface area contributed by atoms with Gasteiger partial charge in [-0.05, 0) is 78.8 Å². The summed E-state index contributed by atoms with van der Waals surface area (Å²) < 4.78 is 5.89. The first-order valence-corrected chi connectivity index (χ1v) is 12.5. The van der Waals surface area contributed by atoms with Crippen molar-refractivity contribution < 1.29 is 9.53 Å². The summed E-state index contributed by atoms with van der Waals surface area (Å²) >= 11 is 0.